The van der Waals surface area contributed by atoms with E-state index in [1.807, 2.05) is 0 Å². The van der Waals surface area contributed by atoms with Gasteiger partial charge in [-0.2, -0.15) is 0 Å². The number of hydrogen-bond acceptors (Lipinski definition) is 5. The number of ether oxygens (including phenoxy) is 2. The number of rotatable bonds is 8. The van der Waals surface area contributed by atoms with E-state index in [2.05, 4.69) is 10.6 Å². The van der Waals surface area contributed by atoms with Gasteiger partial charge in [0.25, 0.3) is 5.91 Å². The molecule has 1 aromatic rings. The van der Waals surface area contributed by atoms with Gasteiger partial charge in [-0.25, -0.2) is 4.39 Å². The Hall–Kier alpha value is -1.90. The van der Waals surface area contributed by atoms with Crippen molar-refractivity contribution in [1.29, 1.82) is 0 Å². The van der Waals surface area contributed by atoms with E-state index in [4.69, 9.17) is 26.8 Å². The van der Waals surface area contributed by atoms with Crippen LogP contribution in [0.1, 0.15) is 32.1 Å². The second-order valence-corrected chi connectivity index (χ2v) is 8.62. The van der Waals surface area contributed by atoms with Crippen LogP contribution >= 0.6 is 11.6 Å². The predicted octanol–water partition coefficient (Wildman–Crippen LogP) is 1.27. The lowest BCUT2D eigenvalue weighted by molar-refractivity contribution is -0.154. The lowest BCUT2D eigenvalue weighted by Crippen LogP contribution is -2.84. The Morgan fingerprint density at radius 1 is 1.14 bits per heavy atom. The molecule has 4 aliphatic carbocycles. The summed E-state index contributed by atoms with van der Waals surface area (Å²) in [6.07, 6.45) is 3.79. The molecule has 9 heteroatoms. The van der Waals surface area contributed by atoms with Gasteiger partial charge in [0.15, 0.2) is 6.61 Å². The summed E-state index contributed by atoms with van der Waals surface area (Å²) in [6.45, 7) is -0.163. The molecule has 4 saturated carbocycles. The van der Waals surface area contributed by atoms with Gasteiger partial charge in [0.2, 0.25) is 5.91 Å². The van der Waals surface area contributed by atoms with Crippen molar-refractivity contribution in [3.8, 4) is 5.75 Å². The number of carbonyl (C=O) groups is 2. The van der Waals surface area contributed by atoms with Crippen molar-refractivity contribution in [2.24, 2.45) is 5.73 Å². The molecule has 0 saturated heterocycles. The molecule has 4 aliphatic rings. The van der Waals surface area contributed by atoms with Crippen molar-refractivity contribution in [3.63, 3.8) is 0 Å². The third kappa shape index (κ3) is 3.94. The monoisotopic (exact) mass is 411 g/mol. The minimum atomic E-state index is -0.596. The number of amides is 2. The highest BCUT2D eigenvalue weighted by Gasteiger charge is 2.69. The Kier molecular flexibility index (Phi) is 4.97. The van der Waals surface area contributed by atoms with Gasteiger partial charge >= 0.3 is 0 Å². The van der Waals surface area contributed by atoms with Crippen molar-refractivity contribution >= 4 is 23.4 Å². The molecule has 0 aromatic heterocycles. The number of nitrogens with one attached hydrogen (secondary N) is 2. The fraction of sp³-hybridized carbons (Fsp3) is 0.579. The molecule has 5 rings (SSSR count). The molecule has 2 bridgehead atoms. The highest BCUT2D eigenvalue weighted by Crippen LogP contribution is 2.60. The molecule has 0 unspecified atom stereocenters. The van der Waals surface area contributed by atoms with E-state index in [9.17, 15) is 14.0 Å². The number of halogens is 2. The molecule has 1 aromatic carbocycles. The first-order valence-corrected chi connectivity index (χ1v) is 9.71. The molecule has 4 fully saturated rings. The Morgan fingerprint density at radius 3 is 2.32 bits per heavy atom. The summed E-state index contributed by atoms with van der Waals surface area (Å²) in [5.74, 6) is -0.764. The zero-order valence-electron chi connectivity index (χ0n) is 15.3. The molecule has 4 N–H and O–H groups in total. The van der Waals surface area contributed by atoms with Gasteiger partial charge < -0.3 is 25.8 Å². The van der Waals surface area contributed by atoms with Crippen LogP contribution in [0.5, 0.6) is 5.75 Å². The maximum atomic E-state index is 13.4. The van der Waals surface area contributed by atoms with Crippen LogP contribution in [0.25, 0.3) is 0 Å². The molecule has 0 spiro atoms. The van der Waals surface area contributed by atoms with Gasteiger partial charge in [0.1, 0.15) is 18.2 Å². The second-order valence-electron chi connectivity index (χ2n) is 8.22. The minimum Gasteiger partial charge on any atom is -0.484 e. The predicted molar refractivity (Wildman–Crippen MR) is 99.5 cm³/mol. The van der Waals surface area contributed by atoms with Crippen molar-refractivity contribution in [1.82, 2.24) is 10.6 Å². The van der Waals surface area contributed by atoms with Crippen molar-refractivity contribution in [2.45, 2.75) is 55.3 Å². The Morgan fingerprint density at radius 2 is 1.75 bits per heavy atom. The normalized spacial score (nSPS) is 32.4. The van der Waals surface area contributed by atoms with Gasteiger partial charge in [-0.1, -0.05) is 11.6 Å². The average molecular weight is 412 g/mol. The molecular weight excluding hydrogens is 389 g/mol. The average Bonchev–Trinajstić information content (AvgIpc) is 2.55. The lowest BCUT2D eigenvalue weighted by Gasteiger charge is -2.70. The summed E-state index contributed by atoms with van der Waals surface area (Å²) in [6, 6.07) is 4.21. The zero-order chi connectivity index (χ0) is 19.9. The van der Waals surface area contributed by atoms with Crippen molar-refractivity contribution < 1.29 is 23.5 Å². The molecule has 152 valence electrons. The number of carbonyl (C=O) groups excluding carboxylic acids is 2. The molecule has 0 aliphatic heterocycles. The van der Waals surface area contributed by atoms with Gasteiger partial charge in [-0.3, -0.25) is 9.59 Å². The molecule has 28 heavy (non-hydrogen) atoms. The summed E-state index contributed by atoms with van der Waals surface area (Å²) < 4.78 is 24.2. The quantitative estimate of drug-likeness (QED) is 0.598. The topological polar surface area (TPSA) is 103 Å². The Bertz CT molecular complexity index is 780. The van der Waals surface area contributed by atoms with E-state index in [-0.39, 0.29) is 59.0 Å². The first-order valence-electron chi connectivity index (χ1n) is 9.34. The molecule has 0 heterocycles. The summed E-state index contributed by atoms with van der Waals surface area (Å²) in [5.41, 5.74) is 5.18. The second kappa shape index (κ2) is 7.17. The van der Waals surface area contributed by atoms with Crippen LogP contribution in [-0.4, -0.2) is 48.3 Å². The van der Waals surface area contributed by atoms with E-state index < -0.39 is 5.82 Å². The van der Waals surface area contributed by atoms with Crippen LogP contribution < -0.4 is 21.1 Å². The summed E-state index contributed by atoms with van der Waals surface area (Å²) in [7, 11) is 0. The van der Waals surface area contributed by atoms with Gasteiger partial charge in [-0.15, -0.1) is 0 Å². The van der Waals surface area contributed by atoms with E-state index in [0.29, 0.717) is 19.3 Å². The SMILES string of the molecule is N[C@H]1C[C@H](OCC(=O)NC23CC(NC(=O)COc4ccc(Cl)c(F)c4)(C2)C3)C1. The van der Waals surface area contributed by atoms with Crippen LogP contribution in [0.4, 0.5) is 4.39 Å². The third-order valence-electron chi connectivity index (χ3n) is 5.68. The van der Waals surface area contributed by atoms with E-state index in [0.717, 1.165) is 18.9 Å². The van der Waals surface area contributed by atoms with E-state index in [1.165, 1.54) is 12.1 Å². The van der Waals surface area contributed by atoms with Crippen molar-refractivity contribution in [2.75, 3.05) is 13.2 Å². The van der Waals surface area contributed by atoms with Crippen LogP contribution in [0.2, 0.25) is 5.02 Å². The van der Waals surface area contributed by atoms with Gasteiger partial charge in [-0.05, 0) is 44.2 Å². The smallest absolute Gasteiger partial charge is 0.258 e. The highest BCUT2D eigenvalue weighted by molar-refractivity contribution is 6.30. The third-order valence-corrected chi connectivity index (χ3v) is 5.99. The maximum Gasteiger partial charge on any atom is 0.258 e. The fourth-order valence-corrected chi connectivity index (χ4v) is 4.49. The van der Waals surface area contributed by atoms with Gasteiger partial charge in [0, 0.05) is 23.2 Å². The highest BCUT2D eigenvalue weighted by atomic mass is 35.5. The molecule has 0 radical (unpaired) electrons. The van der Waals surface area contributed by atoms with Crippen molar-refractivity contribution in [3.05, 3.63) is 29.0 Å². The van der Waals surface area contributed by atoms with Gasteiger partial charge in [0.05, 0.1) is 11.1 Å². The van der Waals surface area contributed by atoms with E-state index >= 15 is 0 Å². The Balaban J connectivity index is 1.14. The molecule has 7 nitrogen and oxygen atoms in total. The standard InChI is InChI=1S/C19H23ClFN3O4/c20-14-2-1-12(5-15(14)21)27-6-16(25)23-18-8-19(9-18,10-18)24-17(26)7-28-13-3-11(22)4-13/h1-2,5,11,13H,3-4,6-10,22H2,(H,23,25)(H,24,26)/t11-,13-,18?,19?. The van der Waals surface area contributed by atoms with Crippen LogP contribution in [0, 0.1) is 5.82 Å². The summed E-state index contributed by atoms with van der Waals surface area (Å²) in [4.78, 5) is 24.1. The number of hydrogen-bond donors (Lipinski definition) is 3. The van der Waals surface area contributed by atoms with Crippen LogP contribution in [0.15, 0.2) is 18.2 Å². The molecular formula is C19H23ClFN3O4. The summed E-state index contributed by atoms with van der Waals surface area (Å²) in [5, 5.41) is 5.95. The fourth-order valence-electron chi connectivity index (χ4n) is 4.37. The zero-order valence-corrected chi connectivity index (χ0v) is 16.1. The largest absolute Gasteiger partial charge is 0.484 e. The minimum absolute atomic E-state index is 0.000301. The Labute approximate surface area is 167 Å². The first kappa shape index (κ1) is 19.4. The van der Waals surface area contributed by atoms with Crippen LogP contribution in [0.3, 0.4) is 0 Å². The first-order chi connectivity index (χ1) is 13.3. The summed E-state index contributed by atoms with van der Waals surface area (Å²) >= 11 is 5.61. The molecule has 0 atom stereocenters. The lowest BCUT2D eigenvalue weighted by atomic mass is 9.44. The number of benzene rings is 1. The maximum absolute atomic E-state index is 13.4. The van der Waals surface area contributed by atoms with Crippen LogP contribution in [-0.2, 0) is 14.3 Å². The van der Waals surface area contributed by atoms with E-state index in [1.54, 1.807) is 0 Å². The number of nitrogens with two attached hydrogens (primary N) is 1. The molecule has 2 amide bonds.